The Morgan fingerprint density at radius 1 is 1.17 bits per heavy atom. The summed E-state index contributed by atoms with van der Waals surface area (Å²) in [6.45, 7) is 1.91. The topological polar surface area (TPSA) is 96.9 Å². The van der Waals surface area contributed by atoms with Crippen molar-refractivity contribution >= 4 is 22.8 Å². The summed E-state index contributed by atoms with van der Waals surface area (Å²) in [7, 11) is 1.55. The van der Waals surface area contributed by atoms with Crippen LogP contribution in [0.25, 0.3) is 10.9 Å². The summed E-state index contributed by atoms with van der Waals surface area (Å²) in [4.78, 5) is 20.8. The van der Waals surface area contributed by atoms with Gasteiger partial charge in [-0.2, -0.15) is 10.1 Å². The minimum atomic E-state index is -0.349. The molecule has 1 aliphatic rings. The van der Waals surface area contributed by atoms with Crippen LogP contribution >= 0.6 is 0 Å². The predicted octanol–water partition coefficient (Wildman–Crippen LogP) is 3.44. The molecule has 1 atom stereocenters. The molecule has 30 heavy (non-hydrogen) atoms. The summed E-state index contributed by atoms with van der Waals surface area (Å²) in [5.41, 5.74) is 3.97. The van der Waals surface area contributed by atoms with E-state index in [9.17, 15) is 4.79 Å². The maximum atomic E-state index is 13.2. The second-order valence-corrected chi connectivity index (χ2v) is 7.04. The van der Waals surface area contributed by atoms with Gasteiger partial charge in [0.05, 0.1) is 18.4 Å². The number of ether oxygens (including phenoxy) is 1. The van der Waals surface area contributed by atoms with Gasteiger partial charge in [-0.05, 0) is 25.1 Å². The highest BCUT2D eigenvalue weighted by molar-refractivity contribution is 5.98. The number of aromatic amines is 1. The highest BCUT2D eigenvalue weighted by Gasteiger charge is 2.32. The number of allylic oxidation sites excluding steroid dienone is 2. The number of anilines is 1. The number of aromatic nitrogens is 4. The molecule has 150 valence electrons. The van der Waals surface area contributed by atoms with Crippen LogP contribution in [0.5, 0.6) is 5.75 Å². The summed E-state index contributed by atoms with van der Waals surface area (Å²) >= 11 is 0. The third-order valence-electron chi connectivity index (χ3n) is 5.31. The Balaban J connectivity index is 1.61. The average molecular weight is 400 g/mol. The Hall–Kier alpha value is -4.07. The molecule has 1 aliphatic heterocycles. The van der Waals surface area contributed by atoms with E-state index in [1.165, 1.54) is 6.33 Å². The van der Waals surface area contributed by atoms with Crippen molar-refractivity contribution in [1.29, 1.82) is 0 Å². The maximum absolute atomic E-state index is 13.2. The minimum absolute atomic E-state index is 0.253. The second kappa shape index (κ2) is 7.07. The average Bonchev–Trinajstić information content (AvgIpc) is 3.41. The van der Waals surface area contributed by atoms with Crippen LogP contribution in [-0.2, 0) is 0 Å². The molecule has 3 heterocycles. The second-order valence-electron chi connectivity index (χ2n) is 7.04. The normalized spacial score (nSPS) is 15.6. The Bertz CT molecular complexity index is 1290. The molecule has 5 rings (SSSR count). The first kappa shape index (κ1) is 18.0. The van der Waals surface area contributed by atoms with E-state index in [4.69, 9.17) is 4.74 Å². The number of H-pyrrole nitrogens is 1. The van der Waals surface area contributed by atoms with Gasteiger partial charge in [0.2, 0.25) is 5.95 Å². The van der Waals surface area contributed by atoms with Crippen molar-refractivity contribution in [1.82, 2.24) is 25.1 Å². The Morgan fingerprint density at radius 3 is 2.83 bits per heavy atom. The number of nitrogens with zero attached hydrogens (tertiary/aromatic N) is 3. The van der Waals surface area contributed by atoms with Crippen LogP contribution in [0.15, 0.2) is 72.4 Å². The first-order valence-electron chi connectivity index (χ1n) is 9.55. The summed E-state index contributed by atoms with van der Waals surface area (Å²) < 4.78 is 7.14. The molecule has 2 aromatic heterocycles. The molecule has 0 aliphatic carbocycles. The molecule has 1 amide bonds. The number of hydrogen-bond acceptors (Lipinski definition) is 5. The Labute approximate surface area is 172 Å². The summed E-state index contributed by atoms with van der Waals surface area (Å²) in [6.07, 6.45) is 3.46. The first-order valence-corrected chi connectivity index (χ1v) is 9.55. The van der Waals surface area contributed by atoms with Crippen LogP contribution in [0.3, 0.4) is 0 Å². The zero-order valence-electron chi connectivity index (χ0n) is 16.5. The number of nitrogens with one attached hydrogen (secondary N) is 3. The van der Waals surface area contributed by atoms with E-state index < -0.39 is 0 Å². The van der Waals surface area contributed by atoms with Crippen LogP contribution in [0, 0.1) is 0 Å². The maximum Gasteiger partial charge on any atom is 0.259 e. The minimum Gasteiger partial charge on any atom is -0.496 e. The zero-order chi connectivity index (χ0) is 20.7. The van der Waals surface area contributed by atoms with E-state index in [2.05, 4.69) is 31.8 Å². The van der Waals surface area contributed by atoms with E-state index in [0.717, 1.165) is 22.2 Å². The molecule has 0 radical (unpaired) electrons. The van der Waals surface area contributed by atoms with Crippen molar-refractivity contribution in [3.05, 3.63) is 83.6 Å². The van der Waals surface area contributed by atoms with E-state index in [1.54, 1.807) is 23.9 Å². The molecule has 8 nitrogen and oxygen atoms in total. The number of amides is 1. The molecular formula is C22H20N6O2. The molecule has 8 heteroatoms. The standard InChI is InChI=1S/C22H20N6O2/c1-13-19(27-21(29)15-8-4-6-10-18(15)30-2)20(28-22(26-13)24-12-25-28)16-11-23-17-9-5-3-7-14(16)17/h3-12,20,23H,1-2H3,(H,27,29)(H,24,25,26)/t20-/m0/s1. The SMILES string of the molecule is COc1ccccc1C(=O)NC1=C(C)Nc2ncnn2[C@H]1c1c[nH]c2ccccc12. The highest BCUT2D eigenvalue weighted by atomic mass is 16.5. The van der Waals surface area contributed by atoms with Gasteiger partial charge in [0, 0.05) is 28.4 Å². The lowest BCUT2D eigenvalue weighted by atomic mass is 10.00. The van der Waals surface area contributed by atoms with Gasteiger partial charge in [0.25, 0.3) is 5.91 Å². The third kappa shape index (κ3) is 2.81. The third-order valence-corrected chi connectivity index (χ3v) is 5.31. The molecule has 0 unspecified atom stereocenters. The zero-order valence-corrected chi connectivity index (χ0v) is 16.5. The van der Waals surface area contributed by atoms with Gasteiger partial charge in [-0.1, -0.05) is 30.3 Å². The quantitative estimate of drug-likeness (QED) is 0.488. The van der Waals surface area contributed by atoms with Gasteiger partial charge in [0.15, 0.2) is 0 Å². The lowest BCUT2D eigenvalue weighted by Gasteiger charge is -2.29. The van der Waals surface area contributed by atoms with Crippen molar-refractivity contribution in [2.45, 2.75) is 13.0 Å². The van der Waals surface area contributed by atoms with E-state index in [1.807, 2.05) is 43.5 Å². The molecule has 0 saturated heterocycles. The highest BCUT2D eigenvalue weighted by Crippen LogP contribution is 2.36. The molecular weight excluding hydrogens is 380 g/mol. The van der Waals surface area contributed by atoms with Gasteiger partial charge in [-0.25, -0.2) is 4.68 Å². The van der Waals surface area contributed by atoms with Crippen molar-refractivity contribution < 1.29 is 9.53 Å². The molecule has 2 aromatic carbocycles. The van der Waals surface area contributed by atoms with Gasteiger partial charge in [-0.15, -0.1) is 0 Å². The number of fused-ring (bicyclic) bond motifs is 2. The van der Waals surface area contributed by atoms with Crippen molar-refractivity contribution in [2.24, 2.45) is 0 Å². The Morgan fingerprint density at radius 2 is 1.97 bits per heavy atom. The number of carbonyl (C=O) groups excluding carboxylic acids is 1. The van der Waals surface area contributed by atoms with E-state index >= 15 is 0 Å². The number of hydrogen-bond donors (Lipinski definition) is 3. The molecule has 3 N–H and O–H groups in total. The smallest absolute Gasteiger partial charge is 0.259 e. The van der Waals surface area contributed by atoms with Crippen LogP contribution in [0.2, 0.25) is 0 Å². The van der Waals surface area contributed by atoms with Gasteiger partial charge in [0.1, 0.15) is 18.1 Å². The summed E-state index contributed by atoms with van der Waals surface area (Å²) in [6, 6.07) is 14.8. The first-order chi connectivity index (χ1) is 14.7. The van der Waals surface area contributed by atoms with Gasteiger partial charge < -0.3 is 20.4 Å². The van der Waals surface area contributed by atoms with Crippen LogP contribution in [0.1, 0.15) is 28.9 Å². The summed E-state index contributed by atoms with van der Waals surface area (Å²) in [5.74, 6) is 0.886. The number of carbonyl (C=O) groups is 1. The summed E-state index contributed by atoms with van der Waals surface area (Å²) in [5, 5.41) is 11.8. The Kier molecular flexibility index (Phi) is 4.24. The van der Waals surface area contributed by atoms with Crippen LogP contribution < -0.4 is 15.4 Å². The van der Waals surface area contributed by atoms with Crippen molar-refractivity contribution in [2.75, 3.05) is 12.4 Å². The number of methoxy groups -OCH3 is 1. The molecule has 0 saturated carbocycles. The number of benzene rings is 2. The van der Waals surface area contributed by atoms with Crippen molar-refractivity contribution in [3.8, 4) is 5.75 Å². The molecule has 0 fully saturated rings. The van der Waals surface area contributed by atoms with E-state index in [-0.39, 0.29) is 11.9 Å². The predicted molar refractivity (Wildman–Crippen MR) is 113 cm³/mol. The monoisotopic (exact) mass is 400 g/mol. The fourth-order valence-corrected chi connectivity index (χ4v) is 3.88. The van der Waals surface area contributed by atoms with Crippen molar-refractivity contribution in [3.63, 3.8) is 0 Å². The van der Waals surface area contributed by atoms with Crippen LogP contribution in [-0.4, -0.2) is 32.8 Å². The van der Waals surface area contributed by atoms with Crippen LogP contribution in [0.4, 0.5) is 5.95 Å². The van der Waals surface area contributed by atoms with E-state index in [0.29, 0.717) is 23.0 Å². The van der Waals surface area contributed by atoms with Gasteiger partial charge >= 0.3 is 0 Å². The molecule has 0 bridgehead atoms. The fraction of sp³-hybridized carbons (Fsp3) is 0.136. The number of para-hydroxylation sites is 2. The van der Waals surface area contributed by atoms with Gasteiger partial charge in [-0.3, -0.25) is 4.79 Å². The molecule has 0 spiro atoms. The lowest BCUT2D eigenvalue weighted by molar-refractivity contribution is 0.0958. The lowest BCUT2D eigenvalue weighted by Crippen LogP contribution is -2.35. The molecule has 4 aromatic rings. The largest absolute Gasteiger partial charge is 0.496 e. The number of rotatable bonds is 4. The fourth-order valence-electron chi connectivity index (χ4n) is 3.88.